The van der Waals surface area contributed by atoms with E-state index in [-0.39, 0.29) is 18.2 Å². The first-order chi connectivity index (χ1) is 15.0. The van der Waals surface area contributed by atoms with E-state index >= 15 is 0 Å². The van der Waals surface area contributed by atoms with Crippen LogP contribution < -0.4 is 15.5 Å². The first-order valence-corrected chi connectivity index (χ1v) is 10.1. The van der Waals surface area contributed by atoms with E-state index in [2.05, 4.69) is 10.6 Å². The average Bonchev–Trinajstić information content (AvgIpc) is 3.32. The molecule has 3 aromatic rings. The standard InChI is InChI=1S/C24H23N3O4/c1-16-6-8-17(9-7-16)15-25-22(28)23(29)26-19-10-11-20-18(14-19)4-2-12-27(20)24(30)21-5-3-13-31-21/h3,5-11,13-14H,2,4,12,15H2,1H3,(H,25,28)(H,26,29). The monoisotopic (exact) mass is 417 g/mol. The van der Waals surface area contributed by atoms with E-state index in [0.717, 1.165) is 35.2 Å². The molecule has 7 nitrogen and oxygen atoms in total. The van der Waals surface area contributed by atoms with Crippen molar-refractivity contribution in [1.29, 1.82) is 0 Å². The van der Waals surface area contributed by atoms with Gasteiger partial charge in [-0.2, -0.15) is 0 Å². The van der Waals surface area contributed by atoms with E-state index in [4.69, 9.17) is 4.42 Å². The Kier molecular flexibility index (Phi) is 5.84. The number of amides is 3. The van der Waals surface area contributed by atoms with Crippen molar-refractivity contribution in [3.63, 3.8) is 0 Å². The average molecular weight is 417 g/mol. The summed E-state index contributed by atoms with van der Waals surface area (Å²) >= 11 is 0. The summed E-state index contributed by atoms with van der Waals surface area (Å²) in [5.74, 6) is -1.34. The minimum atomic E-state index is -0.730. The van der Waals surface area contributed by atoms with Crippen molar-refractivity contribution in [1.82, 2.24) is 5.32 Å². The Hall–Kier alpha value is -3.87. The van der Waals surface area contributed by atoms with Gasteiger partial charge in [-0.3, -0.25) is 14.4 Å². The van der Waals surface area contributed by atoms with Crippen LogP contribution in [0.15, 0.2) is 65.3 Å². The predicted molar refractivity (Wildman–Crippen MR) is 117 cm³/mol. The molecule has 0 bridgehead atoms. The zero-order valence-electron chi connectivity index (χ0n) is 17.2. The van der Waals surface area contributed by atoms with Crippen LogP contribution in [0, 0.1) is 6.92 Å². The van der Waals surface area contributed by atoms with E-state index < -0.39 is 11.8 Å². The number of benzene rings is 2. The molecular formula is C24H23N3O4. The summed E-state index contributed by atoms with van der Waals surface area (Å²) in [5.41, 5.74) is 4.28. The predicted octanol–water partition coefficient (Wildman–Crippen LogP) is 3.44. The lowest BCUT2D eigenvalue weighted by atomic mass is 10.0. The smallest absolute Gasteiger partial charge is 0.313 e. The maximum Gasteiger partial charge on any atom is 0.313 e. The second-order valence-corrected chi connectivity index (χ2v) is 7.50. The van der Waals surface area contributed by atoms with Crippen LogP contribution in [0.4, 0.5) is 11.4 Å². The molecule has 0 aliphatic carbocycles. The number of fused-ring (bicyclic) bond motifs is 1. The Morgan fingerprint density at radius 2 is 1.84 bits per heavy atom. The third kappa shape index (κ3) is 4.66. The molecule has 0 radical (unpaired) electrons. The maximum atomic E-state index is 12.7. The summed E-state index contributed by atoms with van der Waals surface area (Å²) in [7, 11) is 0. The van der Waals surface area contributed by atoms with Crippen molar-refractivity contribution in [3.05, 3.63) is 83.3 Å². The summed E-state index contributed by atoms with van der Waals surface area (Å²) in [4.78, 5) is 38.8. The summed E-state index contributed by atoms with van der Waals surface area (Å²) in [6.07, 6.45) is 3.05. The van der Waals surface area contributed by atoms with E-state index in [0.29, 0.717) is 12.2 Å². The zero-order valence-corrected chi connectivity index (χ0v) is 17.2. The molecule has 4 rings (SSSR count). The highest BCUT2D eigenvalue weighted by atomic mass is 16.3. The quantitative estimate of drug-likeness (QED) is 0.636. The van der Waals surface area contributed by atoms with Crippen molar-refractivity contribution < 1.29 is 18.8 Å². The molecule has 0 saturated heterocycles. The second-order valence-electron chi connectivity index (χ2n) is 7.50. The van der Waals surface area contributed by atoms with Gasteiger partial charge in [-0.1, -0.05) is 29.8 Å². The number of anilines is 2. The number of nitrogens with one attached hydrogen (secondary N) is 2. The molecule has 0 spiro atoms. The Bertz CT molecular complexity index is 1100. The highest BCUT2D eigenvalue weighted by Crippen LogP contribution is 2.31. The summed E-state index contributed by atoms with van der Waals surface area (Å²) < 4.78 is 5.23. The zero-order chi connectivity index (χ0) is 21.8. The SMILES string of the molecule is Cc1ccc(CNC(=O)C(=O)Nc2ccc3c(c2)CCCN3C(=O)c2ccco2)cc1. The van der Waals surface area contributed by atoms with Gasteiger partial charge in [0.1, 0.15) is 0 Å². The van der Waals surface area contributed by atoms with E-state index in [1.165, 1.54) is 6.26 Å². The number of nitrogens with zero attached hydrogens (tertiary/aromatic N) is 1. The molecule has 0 atom stereocenters. The second kappa shape index (κ2) is 8.87. The van der Waals surface area contributed by atoms with Gasteiger partial charge in [-0.25, -0.2) is 0 Å². The summed E-state index contributed by atoms with van der Waals surface area (Å²) in [6.45, 7) is 2.86. The van der Waals surface area contributed by atoms with Gasteiger partial charge in [-0.15, -0.1) is 0 Å². The van der Waals surface area contributed by atoms with Gasteiger partial charge in [0, 0.05) is 24.5 Å². The van der Waals surface area contributed by atoms with Gasteiger partial charge in [0.2, 0.25) is 0 Å². The fourth-order valence-corrected chi connectivity index (χ4v) is 3.58. The lowest BCUT2D eigenvalue weighted by Crippen LogP contribution is -2.36. The number of carbonyl (C=O) groups excluding carboxylic acids is 3. The topological polar surface area (TPSA) is 91.7 Å². The first-order valence-electron chi connectivity index (χ1n) is 10.1. The molecule has 0 unspecified atom stereocenters. The van der Waals surface area contributed by atoms with Crippen LogP contribution in [-0.4, -0.2) is 24.3 Å². The molecule has 1 aromatic heterocycles. The normalized spacial score (nSPS) is 12.7. The number of hydrogen-bond acceptors (Lipinski definition) is 4. The molecule has 1 aliphatic rings. The molecule has 7 heteroatoms. The number of carbonyl (C=O) groups is 3. The van der Waals surface area contributed by atoms with Crippen molar-refractivity contribution in [2.45, 2.75) is 26.3 Å². The fourth-order valence-electron chi connectivity index (χ4n) is 3.58. The minimum Gasteiger partial charge on any atom is -0.459 e. The van der Waals surface area contributed by atoms with E-state index in [9.17, 15) is 14.4 Å². The van der Waals surface area contributed by atoms with Gasteiger partial charge in [0.15, 0.2) is 5.76 Å². The number of furan rings is 1. The Morgan fingerprint density at radius 1 is 1.03 bits per heavy atom. The van der Waals surface area contributed by atoms with Gasteiger partial charge in [0.25, 0.3) is 5.91 Å². The van der Waals surface area contributed by atoms with Gasteiger partial charge in [-0.05, 0) is 61.2 Å². The van der Waals surface area contributed by atoms with Crippen molar-refractivity contribution in [2.24, 2.45) is 0 Å². The van der Waals surface area contributed by atoms with Crippen molar-refractivity contribution in [3.8, 4) is 0 Å². The first kappa shape index (κ1) is 20.4. The molecular weight excluding hydrogens is 394 g/mol. The number of hydrogen-bond donors (Lipinski definition) is 2. The molecule has 3 amide bonds. The fraction of sp³-hybridized carbons (Fsp3) is 0.208. The lowest BCUT2D eigenvalue weighted by Gasteiger charge is -2.29. The van der Waals surface area contributed by atoms with Crippen LogP contribution in [0.2, 0.25) is 0 Å². The van der Waals surface area contributed by atoms with Crippen LogP contribution in [0.3, 0.4) is 0 Å². The number of aryl methyl sites for hydroxylation is 2. The molecule has 2 N–H and O–H groups in total. The molecule has 0 fully saturated rings. The lowest BCUT2D eigenvalue weighted by molar-refractivity contribution is -0.136. The van der Waals surface area contributed by atoms with Crippen LogP contribution in [-0.2, 0) is 22.6 Å². The van der Waals surface area contributed by atoms with Crippen molar-refractivity contribution in [2.75, 3.05) is 16.8 Å². The Balaban J connectivity index is 1.40. The molecule has 0 saturated carbocycles. The summed E-state index contributed by atoms with van der Waals surface area (Å²) in [6, 6.07) is 16.3. The molecule has 2 aromatic carbocycles. The largest absolute Gasteiger partial charge is 0.459 e. The Morgan fingerprint density at radius 3 is 2.58 bits per heavy atom. The van der Waals surface area contributed by atoms with Crippen molar-refractivity contribution >= 4 is 29.1 Å². The van der Waals surface area contributed by atoms with Crippen LogP contribution in [0.25, 0.3) is 0 Å². The third-order valence-electron chi connectivity index (χ3n) is 5.21. The van der Waals surface area contributed by atoms with Gasteiger partial charge in [0.05, 0.1) is 6.26 Å². The third-order valence-corrected chi connectivity index (χ3v) is 5.21. The Labute approximate surface area is 180 Å². The number of rotatable bonds is 4. The maximum absolute atomic E-state index is 12.7. The van der Waals surface area contributed by atoms with Gasteiger partial charge < -0.3 is 20.0 Å². The highest BCUT2D eigenvalue weighted by Gasteiger charge is 2.25. The molecule has 1 aliphatic heterocycles. The van der Waals surface area contributed by atoms with E-state index in [1.54, 1.807) is 29.2 Å². The van der Waals surface area contributed by atoms with Crippen LogP contribution >= 0.6 is 0 Å². The molecule has 31 heavy (non-hydrogen) atoms. The molecule has 2 heterocycles. The van der Waals surface area contributed by atoms with Crippen LogP contribution in [0.1, 0.15) is 33.7 Å². The molecule has 158 valence electrons. The minimum absolute atomic E-state index is 0.196. The van der Waals surface area contributed by atoms with Crippen LogP contribution in [0.5, 0.6) is 0 Å². The summed E-state index contributed by atoms with van der Waals surface area (Å²) in [5, 5.41) is 5.26. The highest BCUT2D eigenvalue weighted by molar-refractivity contribution is 6.39. The van der Waals surface area contributed by atoms with E-state index in [1.807, 2.05) is 37.3 Å². The van der Waals surface area contributed by atoms with Gasteiger partial charge >= 0.3 is 11.8 Å².